The molecule has 2 saturated carbocycles. The van der Waals surface area contributed by atoms with Crippen LogP contribution in [0, 0.1) is 17.8 Å². The van der Waals surface area contributed by atoms with E-state index in [1.54, 1.807) is 12.1 Å². The van der Waals surface area contributed by atoms with Gasteiger partial charge in [0.1, 0.15) is 5.84 Å². The van der Waals surface area contributed by atoms with Crippen molar-refractivity contribution >= 4 is 27.5 Å². The van der Waals surface area contributed by atoms with Crippen molar-refractivity contribution in [2.45, 2.75) is 62.7 Å². The van der Waals surface area contributed by atoms with Crippen LogP contribution in [0.1, 0.15) is 57.8 Å². The summed E-state index contributed by atoms with van der Waals surface area (Å²) in [6.07, 6.45) is 9.35. The zero-order valence-electron chi connectivity index (χ0n) is 16.2. The SMILES string of the molecule is O=C(CC1CC2CCC1C2)Nc1ccc(S(=O)(=O)NC2=NCCCCC2)cc1. The summed E-state index contributed by atoms with van der Waals surface area (Å²) in [6, 6.07) is 6.38. The molecule has 7 heteroatoms. The highest BCUT2D eigenvalue weighted by molar-refractivity contribution is 7.90. The highest BCUT2D eigenvalue weighted by Gasteiger charge is 2.40. The molecule has 0 spiro atoms. The van der Waals surface area contributed by atoms with Crippen molar-refractivity contribution < 1.29 is 13.2 Å². The Labute approximate surface area is 167 Å². The van der Waals surface area contributed by atoms with Gasteiger partial charge in [-0.15, -0.1) is 0 Å². The first kappa shape index (κ1) is 19.4. The summed E-state index contributed by atoms with van der Waals surface area (Å²) in [5.74, 6) is 2.64. The monoisotopic (exact) mass is 403 g/mol. The Morgan fingerprint density at radius 2 is 1.89 bits per heavy atom. The lowest BCUT2D eigenvalue weighted by molar-refractivity contribution is -0.117. The average molecular weight is 404 g/mol. The first-order valence-corrected chi connectivity index (χ1v) is 11.9. The molecule has 0 radical (unpaired) electrons. The predicted octanol–water partition coefficient (Wildman–Crippen LogP) is 3.70. The number of hydrogen-bond donors (Lipinski definition) is 2. The normalized spacial score (nSPS) is 27.1. The van der Waals surface area contributed by atoms with Crippen LogP contribution < -0.4 is 10.0 Å². The van der Waals surface area contributed by atoms with Crippen LogP contribution in [0.2, 0.25) is 0 Å². The molecule has 2 bridgehead atoms. The lowest BCUT2D eigenvalue weighted by Gasteiger charge is -2.20. The molecule has 28 heavy (non-hydrogen) atoms. The van der Waals surface area contributed by atoms with E-state index >= 15 is 0 Å². The molecule has 3 atom stereocenters. The minimum absolute atomic E-state index is 0.0269. The molecule has 4 rings (SSSR count). The van der Waals surface area contributed by atoms with Crippen LogP contribution in [0.15, 0.2) is 34.2 Å². The third-order valence-electron chi connectivity index (χ3n) is 6.41. The van der Waals surface area contributed by atoms with Crippen LogP contribution in [0.25, 0.3) is 0 Å². The molecule has 1 aliphatic heterocycles. The molecule has 2 N–H and O–H groups in total. The van der Waals surface area contributed by atoms with E-state index in [-0.39, 0.29) is 10.8 Å². The summed E-state index contributed by atoms with van der Waals surface area (Å²) >= 11 is 0. The quantitative estimate of drug-likeness (QED) is 0.786. The molecule has 3 unspecified atom stereocenters. The summed E-state index contributed by atoms with van der Waals surface area (Å²) in [4.78, 5) is 16.9. The molecule has 1 heterocycles. The molecule has 2 fully saturated rings. The first-order valence-electron chi connectivity index (χ1n) is 10.5. The molecule has 0 saturated heterocycles. The summed E-state index contributed by atoms with van der Waals surface area (Å²) < 4.78 is 27.8. The number of hydrogen-bond acceptors (Lipinski definition) is 4. The fourth-order valence-electron chi connectivity index (χ4n) is 4.97. The third-order valence-corrected chi connectivity index (χ3v) is 7.80. The van der Waals surface area contributed by atoms with E-state index in [4.69, 9.17) is 0 Å². The Kier molecular flexibility index (Phi) is 5.71. The van der Waals surface area contributed by atoms with Gasteiger partial charge in [0.25, 0.3) is 10.0 Å². The topological polar surface area (TPSA) is 87.6 Å². The number of anilines is 1. The minimum atomic E-state index is -3.64. The second kappa shape index (κ2) is 8.23. The second-order valence-electron chi connectivity index (χ2n) is 8.46. The number of nitrogens with one attached hydrogen (secondary N) is 2. The molecular weight excluding hydrogens is 374 g/mol. The number of carbonyl (C=O) groups excluding carboxylic acids is 1. The zero-order valence-corrected chi connectivity index (χ0v) is 17.0. The zero-order chi connectivity index (χ0) is 19.6. The Morgan fingerprint density at radius 3 is 2.61 bits per heavy atom. The van der Waals surface area contributed by atoms with Crippen LogP contribution in [0.3, 0.4) is 0 Å². The van der Waals surface area contributed by atoms with Crippen LogP contribution in [-0.2, 0) is 14.8 Å². The number of fused-ring (bicyclic) bond motifs is 2. The van der Waals surface area contributed by atoms with Gasteiger partial charge in [0.2, 0.25) is 5.91 Å². The van der Waals surface area contributed by atoms with Gasteiger partial charge < -0.3 is 5.32 Å². The summed E-state index contributed by atoms with van der Waals surface area (Å²) in [5, 5.41) is 2.92. The van der Waals surface area contributed by atoms with Gasteiger partial charge in [-0.2, -0.15) is 0 Å². The lowest BCUT2D eigenvalue weighted by atomic mass is 9.86. The van der Waals surface area contributed by atoms with E-state index < -0.39 is 10.0 Å². The van der Waals surface area contributed by atoms with Gasteiger partial charge in [0, 0.05) is 25.1 Å². The Morgan fingerprint density at radius 1 is 1.07 bits per heavy atom. The average Bonchev–Trinajstić information content (AvgIpc) is 3.18. The number of amidine groups is 1. The largest absolute Gasteiger partial charge is 0.326 e. The predicted molar refractivity (Wildman–Crippen MR) is 110 cm³/mol. The maximum absolute atomic E-state index is 12.6. The molecule has 1 aromatic rings. The van der Waals surface area contributed by atoms with Crippen LogP contribution >= 0.6 is 0 Å². The number of sulfonamides is 1. The van der Waals surface area contributed by atoms with Crippen molar-refractivity contribution in [2.75, 3.05) is 11.9 Å². The summed E-state index contributed by atoms with van der Waals surface area (Å²) in [6.45, 7) is 0.672. The molecular formula is C21H29N3O3S. The third kappa shape index (κ3) is 4.57. The Bertz CT molecular complexity index is 848. The summed E-state index contributed by atoms with van der Waals surface area (Å²) in [5.41, 5.74) is 0.638. The standard InChI is InChI=1S/C21H29N3O3S/c25-21(14-17-13-15-5-6-16(17)12-15)23-18-7-9-19(10-8-18)28(26,27)24-20-4-2-1-3-11-22-20/h7-10,15-17H,1-6,11-14H2,(H,22,24)(H,23,25). The van der Waals surface area contributed by atoms with Crippen molar-refractivity contribution in [1.82, 2.24) is 4.72 Å². The maximum Gasteiger partial charge on any atom is 0.262 e. The van der Waals surface area contributed by atoms with Gasteiger partial charge in [0.05, 0.1) is 4.90 Å². The minimum Gasteiger partial charge on any atom is -0.326 e. The second-order valence-corrected chi connectivity index (χ2v) is 10.1. The van der Waals surface area contributed by atoms with Gasteiger partial charge in [-0.3, -0.25) is 14.5 Å². The highest BCUT2D eigenvalue weighted by atomic mass is 32.2. The molecule has 6 nitrogen and oxygen atoms in total. The van der Waals surface area contributed by atoms with E-state index in [1.807, 2.05) is 0 Å². The summed E-state index contributed by atoms with van der Waals surface area (Å²) in [7, 11) is -3.64. The molecule has 3 aliphatic rings. The Hall–Kier alpha value is -1.89. The maximum atomic E-state index is 12.6. The molecule has 152 valence electrons. The first-order chi connectivity index (χ1) is 13.5. The highest BCUT2D eigenvalue weighted by Crippen LogP contribution is 2.49. The van der Waals surface area contributed by atoms with Crippen LogP contribution in [0.4, 0.5) is 5.69 Å². The fraction of sp³-hybridized carbons (Fsp3) is 0.619. The van der Waals surface area contributed by atoms with Gasteiger partial charge in [-0.25, -0.2) is 8.42 Å². The van der Waals surface area contributed by atoms with E-state index in [1.165, 1.54) is 37.8 Å². The molecule has 2 aliphatic carbocycles. The van der Waals surface area contributed by atoms with Gasteiger partial charge in [-0.05, 0) is 74.1 Å². The van der Waals surface area contributed by atoms with E-state index in [9.17, 15) is 13.2 Å². The van der Waals surface area contributed by atoms with Gasteiger partial charge >= 0.3 is 0 Å². The fourth-order valence-corrected chi connectivity index (χ4v) is 6.05. The van der Waals surface area contributed by atoms with Crippen LogP contribution in [0.5, 0.6) is 0 Å². The van der Waals surface area contributed by atoms with E-state index in [0.717, 1.165) is 31.1 Å². The van der Waals surface area contributed by atoms with Gasteiger partial charge in [0.15, 0.2) is 0 Å². The van der Waals surface area contributed by atoms with Crippen molar-refractivity contribution in [3.8, 4) is 0 Å². The lowest BCUT2D eigenvalue weighted by Crippen LogP contribution is -2.30. The van der Waals surface area contributed by atoms with Gasteiger partial charge in [-0.1, -0.05) is 12.8 Å². The van der Waals surface area contributed by atoms with Crippen molar-refractivity contribution in [3.05, 3.63) is 24.3 Å². The smallest absolute Gasteiger partial charge is 0.262 e. The number of nitrogens with zero attached hydrogens (tertiary/aromatic N) is 1. The number of rotatable bonds is 5. The molecule has 1 aromatic carbocycles. The number of aliphatic imine (C=N–C) groups is 1. The Balaban J connectivity index is 1.33. The number of carbonyl (C=O) groups is 1. The molecule has 1 amide bonds. The molecule has 0 aromatic heterocycles. The van der Waals surface area contributed by atoms with Crippen LogP contribution in [-0.4, -0.2) is 26.7 Å². The van der Waals surface area contributed by atoms with E-state index in [2.05, 4.69) is 15.0 Å². The van der Waals surface area contributed by atoms with E-state index in [0.29, 0.717) is 36.8 Å². The number of benzene rings is 1. The van der Waals surface area contributed by atoms with Crippen molar-refractivity contribution in [1.29, 1.82) is 0 Å². The van der Waals surface area contributed by atoms with Crippen molar-refractivity contribution in [2.24, 2.45) is 22.7 Å². The van der Waals surface area contributed by atoms with Crippen molar-refractivity contribution in [3.63, 3.8) is 0 Å². The number of amides is 1.